The summed E-state index contributed by atoms with van der Waals surface area (Å²) in [7, 11) is 0. The third kappa shape index (κ3) is 3.53. The van der Waals surface area contributed by atoms with Crippen LogP contribution in [0, 0.1) is 32.6 Å². The van der Waals surface area contributed by atoms with Crippen LogP contribution in [0.2, 0.25) is 0 Å². The van der Waals surface area contributed by atoms with Gasteiger partial charge in [0.1, 0.15) is 0 Å². The number of benzene rings is 5. The van der Waals surface area contributed by atoms with E-state index in [9.17, 15) is 0 Å². The van der Waals surface area contributed by atoms with Gasteiger partial charge in [-0.1, -0.05) is 132 Å². The van der Waals surface area contributed by atoms with E-state index in [1.165, 1.54) is 4.90 Å². The van der Waals surface area contributed by atoms with Crippen LogP contribution >= 0.6 is 0 Å². The lowest BCUT2D eigenvalue weighted by atomic mass is 9.59. The quantitative estimate of drug-likeness (QED) is 0.194. The first kappa shape index (κ1) is 28.1. The van der Waals surface area contributed by atoms with E-state index < -0.39 is 22.7 Å². The first-order valence-corrected chi connectivity index (χ1v) is 15.8. The van der Waals surface area contributed by atoms with Gasteiger partial charge in [0.25, 0.3) is 0 Å². The van der Waals surface area contributed by atoms with Crippen LogP contribution < -0.4 is 4.90 Å². The fraction of sp³-hybridized carbons (Fsp3) is 0.167. The summed E-state index contributed by atoms with van der Waals surface area (Å²) in [6.45, 7) is 6.03. The number of amides is 2. The topological polar surface area (TPSA) is 54.5 Å². The number of carbonyl (C=O) groups is 3. The monoisotopic (exact) mass is 599 g/mol. The smallest absolute Gasteiger partial charge is 0.239 e. The third-order valence-electron chi connectivity index (χ3n) is 10.4. The zero-order valence-corrected chi connectivity index (χ0v) is 26.0. The molecule has 0 spiro atoms. The molecule has 0 radical (unpaired) electrons. The molecule has 1 saturated heterocycles. The molecule has 0 unspecified atom stereocenters. The summed E-state index contributed by atoms with van der Waals surface area (Å²) in [5.41, 5.74) is 5.72. The van der Waals surface area contributed by atoms with Crippen molar-refractivity contribution in [1.82, 2.24) is 0 Å². The number of aryl methyl sites for hydroxylation is 3. The summed E-state index contributed by atoms with van der Waals surface area (Å²) in [5.74, 6) is -2.63. The highest BCUT2D eigenvalue weighted by molar-refractivity contribution is 6.39. The van der Waals surface area contributed by atoms with Gasteiger partial charge in [-0.15, -0.1) is 0 Å². The molecule has 0 aromatic heterocycles. The molecule has 0 N–H and O–H groups in total. The van der Waals surface area contributed by atoms with Crippen LogP contribution in [0.4, 0.5) is 5.69 Å². The zero-order chi connectivity index (χ0) is 31.8. The van der Waals surface area contributed by atoms with Crippen molar-refractivity contribution in [2.75, 3.05) is 4.90 Å². The highest BCUT2D eigenvalue weighted by Gasteiger charge is 2.82. The van der Waals surface area contributed by atoms with E-state index in [1.807, 2.05) is 106 Å². The van der Waals surface area contributed by atoms with Crippen molar-refractivity contribution in [2.24, 2.45) is 11.8 Å². The average Bonchev–Trinajstić information content (AvgIpc) is 3.58. The number of fused-ring (bicyclic) bond motifs is 5. The molecule has 4 atom stereocenters. The van der Waals surface area contributed by atoms with Crippen LogP contribution in [0.15, 0.2) is 133 Å². The van der Waals surface area contributed by atoms with E-state index in [2.05, 4.69) is 48.5 Å². The predicted molar refractivity (Wildman–Crippen MR) is 181 cm³/mol. The first-order valence-electron chi connectivity index (χ1n) is 15.8. The van der Waals surface area contributed by atoms with Crippen molar-refractivity contribution in [3.05, 3.63) is 172 Å². The molecular formula is C42H33NO3. The van der Waals surface area contributed by atoms with E-state index in [0.717, 1.165) is 50.1 Å². The summed E-state index contributed by atoms with van der Waals surface area (Å²) >= 11 is 0. The van der Waals surface area contributed by atoms with Gasteiger partial charge in [0, 0.05) is 0 Å². The van der Waals surface area contributed by atoms with Crippen LogP contribution in [0.25, 0.3) is 11.1 Å². The van der Waals surface area contributed by atoms with Gasteiger partial charge in [-0.3, -0.25) is 14.4 Å². The third-order valence-corrected chi connectivity index (χ3v) is 10.4. The van der Waals surface area contributed by atoms with Gasteiger partial charge in [0.05, 0.1) is 28.4 Å². The number of hydrogen-bond acceptors (Lipinski definition) is 3. The second kappa shape index (κ2) is 10.1. The molecule has 5 aromatic carbocycles. The minimum Gasteiger partial charge on any atom is -0.297 e. The Balaban J connectivity index is 1.56. The number of imide groups is 1. The molecule has 4 heteroatoms. The SMILES string of the molecule is Cc1ccc(C2=C(c3ccc(C)cc3)[C@@]3(c4ccccc4)C(=O)[C@@]2(c2ccccc2)[C@@H]2C(=O)N(c4cccc(C)c4)C(=O)[C@@H]23)cc1. The number of rotatable bonds is 5. The Hall–Kier alpha value is -5.35. The van der Waals surface area contributed by atoms with Crippen LogP contribution in [0.5, 0.6) is 0 Å². The van der Waals surface area contributed by atoms with E-state index in [4.69, 9.17) is 0 Å². The summed E-state index contributed by atoms with van der Waals surface area (Å²) in [6.07, 6.45) is 0. The van der Waals surface area contributed by atoms with Gasteiger partial charge in [-0.05, 0) is 71.9 Å². The van der Waals surface area contributed by atoms with E-state index in [0.29, 0.717) is 5.69 Å². The number of nitrogens with zero attached hydrogens (tertiary/aromatic N) is 1. The van der Waals surface area contributed by atoms with Crippen molar-refractivity contribution in [2.45, 2.75) is 31.6 Å². The maximum atomic E-state index is 16.0. The maximum Gasteiger partial charge on any atom is 0.239 e. The van der Waals surface area contributed by atoms with E-state index >= 15 is 14.4 Å². The van der Waals surface area contributed by atoms with E-state index in [-0.39, 0.29) is 17.6 Å². The zero-order valence-electron chi connectivity index (χ0n) is 26.0. The molecule has 2 amide bonds. The van der Waals surface area contributed by atoms with Crippen LogP contribution in [0.3, 0.4) is 0 Å². The lowest BCUT2D eigenvalue weighted by molar-refractivity contribution is -0.130. The molecule has 3 aliphatic rings. The summed E-state index contributed by atoms with van der Waals surface area (Å²) < 4.78 is 0. The Morgan fingerprint density at radius 2 is 0.913 bits per heavy atom. The molecular weight excluding hydrogens is 566 g/mol. The highest BCUT2D eigenvalue weighted by atomic mass is 16.2. The van der Waals surface area contributed by atoms with Gasteiger partial charge in [0.15, 0.2) is 5.78 Å². The number of allylic oxidation sites excluding steroid dienone is 2. The molecule has 5 aromatic rings. The Morgan fingerprint density at radius 3 is 1.33 bits per heavy atom. The highest BCUT2D eigenvalue weighted by Crippen LogP contribution is 2.74. The second-order valence-electron chi connectivity index (χ2n) is 13.0. The van der Waals surface area contributed by atoms with Crippen molar-refractivity contribution in [3.63, 3.8) is 0 Å². The van der Waals surface area contributed by atoms with Gasteiger partial charge < -0.3 is 0 Å². The first-order chi connectivity index (χ1) is 22.3. The molecule has 8 rings (SSSR count). The van der Waals surface area contributed by atoms with Gasteiger partial charge in [-0.2, -0.15) is 0 Å². The van der Waals surface area contributed by atoms with Gasteiger partial charge in [-0.25, -0.2) is 4.90 Å². The predicted octanol–water partition coefficient (Wildman–Crippen LogP) is 7.80. The normalized spacial score (nSPS) is 25.0. The van der Waals surface area contributed by atoms with Gasteiger partial charge >= 0.3 is 0 Å². The lowest BCUT2D eigenvalue weighted by Crippen LogP contribution is -2.45. The molecule has 2 fully saturated rings. The molecule has 1 saturated carbocycles. The Labute approximate surface area is 269 Å². The average molecular weight is 600 g/mol. The van der Waals surface area contributed by atoms with Gasteiger partial charge in [0.2, 0.25) is 11.8 Å². The lowest BCUT2D eigenvalue weighted by Gasteiger charge is -2.39. The number of carbonyl (C=O) groups excluding carboxylic acids is 3. The summed E-state index contributed by atoms with van der Waals surface area (Å²) in [4.78, 5) is 47.4. The maximum absolute atomic E-state index is 16.0. The molecule has 46 heavy (non-hydrogen) atoms. The van der Waals surface area contributed by atoms with Crippen molar-refractivity contribution in [1.29, 1.82) is 0 Å². The van der Waals surface area contributed by atoms with Crippen molar-refractivity contribution >= 4 is 34.4 Å². The van der Waals surface area contributed by atoms with E-state index in [1.54, 1.807) is 0 Å². The standard InChI is InChI=1S/C42H33NO3/c1-26-17-21-29(22-18-26)34-35(30-23-19-27(2)20-24-30)42(32-14-8-5-9-15-32)37-36(41(34,40(42)46)31-12-6-4-7-13-31)38(44)43(39(37)45)33-16-10-11-28(3)25-33/h4-25,36-37H,1-3H3/t36-,37+,41-,42-/m1/s1. The minimum atomic E-state index is -1.40. The Kier molecular flexibility index (Phi) is 6.17. The molecule has 224 valence electrons. The fourth-order valence-corrected chi connectivity index (χ4v) is 8.59. The number of Topliss-reactive ketones (excluding diaryl/α,β-unsaturated/α-hetero) is 1. The molecule has 2 bridgehead atoms. The number of hydrogen-bond donors (Lipinski definition) is 0. The molecule has 1 heterocycles. The fourth-order valence-electron chi connectivity index (χ4n) is 8.59. The minimum absolute atomic E-state index is 0.107. The van der Waals surface area contributed by atoms with Crippen LogP contribution in [-0.4, -0.2) is 17.6 Å². The molecule has 4 nitrogen and oxygen atoms in total. The number of anilines is 1. The largest absolute Gasteiger partial charge is 0.297 e. The van der Waals surface area contributed by atoms with Crippen molar-refractivity contribution < 1.29 is 14.4 Å². The summed E-state index contributed by atoms with van der Waals surface area (Å²) in [6, 6.07) is 43.3. The summed E-state index contributed by atoms with van der Waals surface area (Å²) in [5, 5.41) is 0. The molecule has 2 aliphatic carbocycles. The Morgan fingerprint density at radius 1 is 0.478 bits per heavy atom. The van der Waals surface area contributed by atoms with Crippen molar-refractivity contribution in [3.8, 4) is 0 Å². The van der Waals surface area contributed by atoms with Crippen LogP contribution in [0.1, 0.15) is 38.9 Å². The number of ketones is 1. The molecule has 1 aliphatic heterocycles. The van der Waals surface area contributed by atoms with Crippen LogP contribution in [-0.2, 0) is 25.2 Å². The second-order valence-corrected chi connectivity index (χ2v) is 13.0. The Bertz CT molecular complexity index is 1950.